The molecule has 0 bridgehead atoms. The molecule has 2 aromatic rings. The molecule has 0 heterocycles. The summed E-state index contributed by atoms with van der Waals surface area (Å²) in [7, 11) is 0. The minimum Gasteiger partial charge on any atom is -0.391 e. The lowest BCUT2D eigenvalue weighted by Gasteiger charge is -2.19. The van der Waals surface area contributed by atoms with Crippen LogP contribution in [0.25, 0.3) is 0 Å². The molecule has 118 valence electrons. The molecule has 0 saturated carbocycles. The maximum Gasteiger partial charge on any atom is 0.288 e. The molecular weight excluding hydrogens is 327 g/mol. The van der Waals surface area contributed by atoms with Crippen LogP contribution in [-0.2, 0) is 6.42 Å². The van der Waals surface area contributed by atoms with Crippen molar-refractivity contribution in [2.24, 2.45) is 5.73 Å². The van der Waals surface area contributed by atoms with Crippen molar-refractivity contribution in [3.05, 3.63) is 74.8 Å². The van der Waals surface area contributed by atoms with Crippen molar-refractivity contribution < 1.29 is 10.0 Å². The quantitative estimate of drug-likeness (QED) is 0.644. The van der Waals surface area contributed by atoms with Gasteiger partial charge in [-0.2, -0.15) is 0 Å². The topological polar surface area (TPSA) is 89.4 Å². The minimum absolute atomic E-state index is 0. The van der Waals surface area contributed by atoms with Crippen LogP contribution in [0.1, 0.15) is 17.2 Å². The van der Waals surface area contributed by atoms with Crippen LogP contribution in [0, 0.1) is 10.1 Å². The molecule has 0 amide bonds. The largest absolute Gasteiger partial charge is 0.391 e. The van der Waals surface area contributed by atoms with Crippen LogP contribution in [0.15, 0.2) is 48.5 Å². The molecule has 0 radical (unpaired) electrons. The minimum atomic E-state index is -0.840. The second-order valence-corrected chi connectivity index (χ2v) is 5.16. The first-order valence-electron chi connectivity index (χ1n) is 6.40. The van der Waals surface area contributed by atoms with Gasteiger partial charge < -0.3 is 10.8 Å². The lowest BCUT2D eigenvalue weighted by molar-refractivity contribution is -0.384. The molecule has 22 heavy (non-hydrogen) atoms. The second-order valence-electron chi connectivity index (χ2n) is 4.75. The predicted molar refractivity (Wildman–Crippen MR) is 88.4 cm³/mol. The molecule has 5 nitrogen and oxygen atoms in total. The Kier molecular flexibility index (Phi) is 6.77. The highest BCUT2D eigenvalue weighted by atomic mass is 35.5. The monoisotopic (exact) mass is 342 g/mol. The fraction of sp³-hybridized carbons (Fsp3) is 0.200. The predicted octanol–water partition coefficient (Wildman–Crippen LogP) is 3.27. The maximum atomic E-state index is 10.9. The second kappa shape index (κ2) is 8.10. The number of nitro groups is 1. The third-order valence-corrected chi connectivity index (χ3v) is 3.57. The summed E-state index contributed by atoms with van der Waals surface area (Å²) in [6.45, 7) is 0. The first-order valence-corrected chi connectivity index (χ1v) is 6.78. The normalized spacial score (nSPS) is 13.0. The molecular formula is C15H16Cl2N2O3. The summed E-state index contributed by atoms with van der Waals surface area (Å²) in [5.41, 5.74) is 7.21. The number of halogens is 2. The molecule has 2 atom stereocenters. The van der Waals surface area contributed by atoms with Gasteiger partial charge in [0.1, 0.15) is 5.02 Å². The van der Waals surface area contributed by atoms with E-state index in [1.54, 1.807) is 6.07 Å². The Morgan fingerprint density at radius 1 is 1.23 bits per heavy atom. The molecule has 0 aliphatic heterocycles. The van der Waals surface area contributed by atoms with Crippen LogP contribution in [-0.4, -0.2) is 16.1 Å². The summed E-state index contributed by atoms with van der Waals surface area (Å²) < 4.78 is 0. The van der Waals surface area contributed by atoms with Gasteiger partial charge in [-0.15, -0.1) is 12.4 Å². The number of nitrogens with zero attached hydrogens (tertiary/aromatic N) is 1. The Hall–Kier alpha value is -1.66. The van der Waals surface area contributed by atoms with Gasteiger partial charge in [-0.3, -0.25) is 10.1 Å². The zero-order valence-electron chi connectivity index (χ0n) is 11.6. The van der Waals surface area contributed by atoms with Crippen LogP contribution in [0.4, 0.5) is 5.69 Å². The highest BCUT2D eigenvalue weighted by Crippen LogP contribution is 2.28. The van der Waals surface area contributed by atoms with E-state index in [4.69, 9.17) is 17.3 Å². The number of aliphatic hydroxyl groups is 1. The first-order chi connectivity index (χ1) is 9.99. The molecule has 0 aliphatic carbocycles. The van der Waals surface area contributed by atoms with E-state index in [1.807, 2.05) is 30.3 Å². The molecule has 2 rings (SSSR count). The zero-order valence-corrected chi connectivity index (χ0v) is 13.1. The number of nitro benzene ring substituents is 1. The Bertz CT molecular complexity index is 638. The van der Waals surface area contributed by atoms with Gasteiger partial charge in [-0.05, 0) is 17.2 Å². The van der Waals surface area contributed by atoms with Gasteiger partial charge >= 0.3 is 0 Å². The van der Waals surface area contributed by atoms with Crippen molar-refractivity contribution in [1.29, 1.82) is 0 Å². The Morgan fingerprint density at radius 2 is 1.86 bits per heavy atom. The number of hydrogen-bond donors (Lipinski definition) is 2. The fourth-order valence-corrected chi connectivity index (χ4v) is 2.27. The van der Waals surface area contributed by atoms with Crippen molar-refractivity contribution in [3.8, 4) is 0 Å². The molecule has 0 unspecified atom stereocenters. The van der Waals surface area contributed by atoms with Crippen molar-refractivity contribution in [2.45, 2.75) is 18.6 Å². The van der Waals surface area contributed by atoms with Crippen molar-refractivity contribution in [2.75, 3.05) is 0 Å². The smallest absolute Gasteiger partial charge is 0.288 e. The van der Waals surface area contributed by atoms with Crippen molar-refractivity contribution >= 4 is 29.7 Å². The van der Waals surface area contributed by atoms with Crippen LogP contribution in [0.5, 0.6) is 0 Å². The van der Waals surface area contributed by atoms with Gasteiger partial charge in [-0.25, -0.2) is 0 Å². The van der Waals surface area contributed by atoms with Crippen molar-refractivity contribution in [3.63, 3.8) is 0 Å². The number of rotatable bonds is 5. The molecule has 7 heteroatoms. The number of nitrogens with two attached hydrogens (primary N) is 1. The van der Waals surface area contributed by atoms with E-state index in [0.29, 0.717) is 12.0 Å². The summed E-state index contributed by atoms with van der Waals surface area (Å²) in [6, 6.07) is 13.0. The summed E-state index contributed by atoms with van der Waals surface area (Å²) in [5.74, 6) is 0. The van der Waals surface area contributed by atoms with E-state index in [2.05, 4.69) is 0 Å². The van der Waals surface area contributed by atoms with Gasteiger partial charge in [0.05, 0.1) is 17.1 Å². The van der Waals surface area contributed by atoms with Gasteiger partial charge in [0.25, 0.3) is 5.69 Å². The Balaban J connectivity index is 0.00000242. The fourth-order valence-electron chi connectivity index (χ4n) is 2.08. The third kappa shape index (κ3) is 4.42. The van der Waals surface area contributed by atoms with Crippen LogP contribution >= 0.6 is 24.0 Å². The highest BCUT2D eigenvalue weighted by molar-refractivity contribution is 6.32. The van der Waals surface area contributed by atoms with Gasteiger partial charge in [-0.1, -0.05) is 48.0 Å². The van der Waals surface area contributed by atoms with E-state index < -0.39 is 17.1 Å². The van der Waals surface area contributed by atoms with E-state index in [9.17, 15) is 15.2 Å². The van der Waals surface area contributed by atoms with Crippen LogP contribution < -0.4 is 5.73 Å². The molecule has 3 N–H and O–H groups in total. The molecule has 0 fully saturated rings. The van der Waals surface area contributed by atoms with Gasteiger partial charge in [0, 0.05) is 12.5 Å². The maximum absolute atomic E-state index is 10.9. The number of hydrogen-bond acceptors (Lipinski definition) is 4. The third-order valence-electron chi connectivity index (χ3n) is 3.25. The van der Waals surface area contributed by atoms with Crippen molar-refractivity contribution in [1.82, 2.24) is 0 Å². The summed E-state index contributed by atoms with van der Waals surface area (Å²) in [6.07, 6.45) is -0.466. The summed E-state index contributed by atoms with van der Waals surface area (Å²) in [5, 5.41) is 21.1. The average molecular weight is 343 g/mol. The standard InChI is InChI=1S/C15H15ClN2O3.ClH/c16-12-7-6-11(9-13(12)18(20)21)15(17)14(19)8-10-4-2-1-3-5-10;/h1-7,9,14-15,19H,8,17H2;1H/t14-,15+;/m0./s1. The molecule has 0 spiro atoms. The SMILES string of the molecule is Cl.N[C@H](c1ccc(Cl)c([N+](=O)[O-])c1)[C@@H](O)Cc1ccccc1. The van der Waals surface area contributed by atoms with E-state index in [-0.39, 0.29) is 23.1 Å². The van der Waals surface area contributed by atoms with E-state index in [1.165, 1.54) is 12.1 Å². The molecule has 0 aromatic heterocycles. The van der Waals surface area contributed by atoms with Crippen LogP contribution in [0.3, 0.4) is 0 Å². The highest BCUT2D eigenvalue weighted by Gasteiger charge is 2.21. The molecule has 0 aliphatic rings. The Morgan fingerprint density at radius 3 is 2.45 bits per heavy atom. The zero-order chi connectivity index (χ0) is 15.4. The van der Waals surface area contributed by atoms with Crippen LogP contribution in [0.2, 0.25) is 5.02 Å². The van der Waals surface area contributed by atoms with Gasteiger partial charge in [0.2, 0.25) is 0 Å². The summed E-state index contributed by atoms with van der Waals surface area (Å²) in [4.78, 5) is 10.3. The summed E-state index contributed by atoms with van der Waals surface area (Å²) >= 11 is 5.76. The lowest BCUT2D eigenvalue weighted by atomic mass is 9.96. The Labute approximate surface area is 139 Å². The first kappa shape index (κ1) is 18.4. The van der Waals surface area contributed by atoms with E-state index >= 15 is 0 Å². The molecule has 0 saturated heterocycles. The lowest BCUT2D eigenvalue weighted by Crippen LogP contribution is -2.28. The average Bonchev–Trinajstić information content (AvgIpc) is 2.47. The molecule has 2 aromatic carbocycles. The van der Waals surface area contributed by atoms with E-state index in [0.717, 1.165) is 5.56 Å². The van der Waals surface area contributed by atoms with Gasteiger partial charge in [0.15, 0.2) is 0 Å². The number of benzene rings is 2. The number of aliphatic hydroxyl groups excluding tert-OH is 1.